The van der Waals surface area contributed by atoms with Gasteiger partial charge in [-0.05, 0) is 26.8 Å². The van der Waals surface area contributed by atoms with Gasteiger partial charge >= 0.3 is 0 Å². The van der Waals surface area contributed by atoms with Crippen LogP contribution in [0.5, 0.6) is 0 Å². The fraction of sp³-hybridized carbons (Fsp3) is 0.429. The van der Waals surface area contributed by atoms with Gasteiger partial charge in [0.05, 0.1) is 0 Å². The van der Waals surface area contributed by atoms with Crippen LogP contribution in [0.15, 0.2) is 18.1 Å². The summed E-state index contributed by atoms with van der Waals surface area (Å²) < 4.78 is 0. The number of rotatable bonds is 0. The summed E-state index contributed by atoms with van der Waals surface area (Å²) in [5, 5.41) is 0. The Morgan fingerprint density at radius 2 is 1.90 bits per heavy atom. The predicted octanol–water partition coefficient (Wildman–Crippen LogP) is 0.997. The third kappa shape index (κ3) is 1.42. The Labute approximate surface area is 75.8 Å². The van der Waals surface area contributed by atoms with Crippen LogP contribution in [0.4, 0.5) is 0 Å². The maximum atomic E-state index is 3.84. The van der Waals surface area contributed by atoms with E-state index in [1.165, 1.54) is 0 Å². The van der Waals surface area contributed by atoms with E-state index in [-0.39, 0.29) is 20.4 Å². The van der Waals surface area contributed by atoms with E-state index in [1.807, 2.05) is 30.8 Å². The molecule has 1 rings (SSSR count). The molecule has 0 amide bonds. The molecule has 1 radical (unpaired) electrons. The van der Waals surface area contributed by atoms with Gasteiger partial charge in [0.15, 0.2) is 0 Å². The molecule has 0 N–H and O–H groups in total. The Bertz CT molecular complexity index is 174. The van der Waals surface area contributed by atoms with Gasteiger partial charge < -0.3 is 9.80 Å². The minimum absolute atomic E-state index is 0. The molecule has 0 aromatic heterocycles. The standard InChI is InChI=1S/C7H11N2.Re/c1-6-5-8(3)7(2)9(6)4;/h2H2,1,3-4H3;/q-1;. The summed E-state index contributed by atoms with van der Waals surface area (Å²) in [4.78, 5) is 3.88. The van der Waals surface area contributed by atoms with Crippen LogP contribution >= 0.6 is 0 Å². The van der Waals surface area contributed by atoms with E-state index in [2.05, 4.69) is 12.8 Å². The van der Waals surface area contributed by atoms with E-state index in [0.29, 0.717) is 0 Å². The first-order chi connectivity index (χ1) is 4.13. The van der Waals surface area contributed by atoms with Gasteiger partial charge in [-0.25, -0.2) is 0 Å². The predicted molar refractivity (Wildman–Crippen MR) is 37.1 cm³/mol. The normalized spacial score (nSPS) is 17.1. The third-order valence-corrected chi connectivity index (χ3v) is 1.61. The Hall–Kier alpha value is -0.258. The molecule has 2 nitrogen and oxygen atoms in total. The molecule has 1 heterocycles. The van der Waals surface area contributed by atoms with Crippen molar-refractivity contribution in [2.24, 2.45) is 0 Å². The first-order valence-electron chi connectivity index (χ1n) is 2.89. The summed E-state index contributed by atoms with van der Waals surface area (Å²) in [6.07, 6.45) is 3.09. The van der Waals surface area contributed by atoms with E-state index in [4.69, 9.17) is 0 Å². The topological polar surface area (TPSA) is 6.48 Å². The molecule has 0 aliphatic carbocycles. The minimum Gasteiger partial charge on any atom is -0.499 e. The summed E-state index contributed by atoms with van der Waals surface area (Å²) in [6, 6.07) is 0. The molecule has 1 aliphatic rings. The average molecular weight is 309 g/mol. The zero-order valence-corrected chi connectivity index (χ0v) is 9.20. The van der Waals surface area contributed by atoms with E-state index in [9.17, 15) is 0 Å². The van der Waals surface area contributed by atoms with Crippen LogP contribution in [0.2, 0.25) is 0 Å². The third-order valence-electron chi connectivity index (χ3n) is 1.61. The van der Waals surface area contributed by atoms with Crippen LogP contribution < -0.4 is 0 Å². The summed E-state index contributed by atoms with van der Waals surface area (Å²) in [5.41, 5.74) is 1.11. The van der Waals surface area contributed by atoms with Gasteiger partial charge in [-0.15, -0.1) is 6.58 Å². The van der Waals surface area contributed by atoms with Gasteiger partial charge in [-0.3, -0.25) is 0 Å². The molecule has 0 atom stereocenters. The maximum absolute atomic E-state index is 3.84. The zero-order valence-electron chi connectivity index (χ0n) is 6.48. The van der Waals surface area contributed by atoms with Crippen LogP contribution in [0, 0.1) is 6.20 Å². The van der Waals surface area contributed by atoms with Crippen molar-refractivity contribution in [3.05, 3.63) is 24.3 Å². The molecular weight excluding hydrogens is 298 g/mol. The fourth-order valence-corrected chi connectivity index (χ4v) is 0.801. The van der Waals surface area contributed by atoms with E-state index < -0.39 is 0 Å². The van der Waals surface area contributed by atoms with Gasteiger partial charge in [0, 0.05) is 20.4 Å². The molecule has 10 heavy (non-hydrogen) atoms. The summed E-state index contributed by atoms with van der Waals surface area (Å²) in [5.74, 6) is 0.979. The van der Waals surface area contributed by atoms with Crippen molar-refractivity contribution < 1.29 is 20.4 Å². The molecule has 0 saturated carbocycles. The Kier molecular flexibility index (Phi) is 3.14. The second kappa shape index (κ2) is 3.23. The summed E-state index contributed by atoms with van der Waals surface area (Å²) in [6.45, 7) is 5.84. The van der Waals surface area contributed by atoms with Crippen molar-refractivity contribution in [1.82, 2.24) is 9.80 Å². The fourth-order valence-electron chi connectivity index (χ4n) is 0.801. The molecule has 0 unspecified atom stereocenters. The second-order valence-corrected chi connectivity index (χ2v) is 2.23. The van der Waals surface area contributed by atoms with Crippen LogP contribution in [-0.4, -0.2) is 23.9 Å². The number of allylic oxidation sites excluding steroid dienone is 1. The molecule has 0 aromatic carbocycles. The minimum atomic E-state index is 0. The van der Waals surface area contributed by atoms with Crippen molar-refractivity contribution in [2.45, 2.75) is 6.92 Å². The number of nitrogens with zero attached hydrogens (tertiary/aromatic N) is 2. The Balaban J connectivity index is 0.000000810. The van der Waals surface area contributed by atoms with E-state index >= 15 is 0 Å². The molecule has 57 valence electrons. The molecule has 0 spiro atoms. The van der Waals surface area contributed by atoms with Gasteiger partial charge in [-0.2, -0.15) is 6.20 Å². The van der Waals surface area contributed by atoms with Crippen molar-refractivity contribution in [1.29, 1.82) is 0 Å². The number of hydrogen-bond donors (Lipinski definition) is 0. The Morgan fingerprint density at radius 3 is 2.00 bits per heavy atom. The molecule has 1 aliphatic heterocycles. The van der Waals surface area contributed by atoms with Crippen molar-refractivity contribution >= 4 is 0 Å². The molecule has 3 heteroatoms. The first kappa shape index (κ1) is 9.74. The van der Waals surface area contributed by atoms with E-state index in [1.54, 1.807) is 0 Å². The van der Waals surface area contributed by atoms with Gasteiger partial charge in [0.2, 0.25) is 0 Å². The van der Waals surface area contributed by atoms with Gasteiger partial charge in [0.25, 0.3) is 0 Å². The van der Waals surface area contributed by atoms with E-state index in [0.717, 1.165) is 11.5 Å². The molecule has 0 aromatic rings. The Morgan fingerprint density at radius 1 is 1.40 bits per heavy atom. The van der Waals surface area contributed by atoms with Crippen molar-refractivity contribution in [2.75, 3.05) is 14.1 Å². The largest absolute Gasteiger partial charge is 0.499 e. The molecular formula is C7H11N2Re-. The second-order valence-electron chi connectivity index (χ2n) is 2.23. The van der Waals surface area contributed by atoms with Gasteiger partial charge in [-0.1, -0.05) is 5.70 Å². The van der Waals surface area contributed by atoms with Crippen LogP contribution in [0.1, 0.15) is 6.92 Å². The quantitative estimate of drug-likeness (QED) is 0.616. The average Bonchev–Trinajstić information content (AvgIpc) is 1.98. The zero-order chi connectivity index (χ0) is 7.02. The molecule has 0 saturated heterocycles. The van der Waals surface area contributed by atoms with Crippen LogP contribution in [0.3, 0.4) is 0 Å². The molecule has 0 fully saturated rings. The van der Waals surface area contributed by atoms with Crippen molar-refractivity contribution in [3.8, 4) is 0 Å². The smallest absolute Gasteiger partial charge is 0 e. The van der Waals surface area contributed by atoms with Crippen LogP contribution in [-0.2, 0) is 20.4 Å². The SMILES string of the molecule is C=C1N(C)[C-]=C(C)N1C.[Re]. The summed E-state index contributed by atoms with van der Waals surface area (Å²) in [7, 11) is 3.92. The maximum Gasteiger partial charge on any atom is 0 e. The van der Waals surface area contributed by atoms with Gasteiger partial charge in [0.1, 0.15) is 0 Å². The monoisotopic (exact) mass is 310 g/mol. The first-order valence-corrected chi connectivity index (χ1v) is 2.89. The summed E-state index contributed by atoms with van der Waals surface area (Å²) >= 11 is 0. The molecule has 0 bridgehead atoms. The van der Waals surface area contributed by atoms with Crippen LogP contribution in [0.25, 0.3) is 0 Å². The number of hydrogen-bond acceptors (Lipinski definition) is 2. The van der Waals surface area contributed by atoms with Crippen molar-refractivity contribution in [3.63, 3.8) is 0 Å².